The Morgan fingerprint density at radius 2 is 2.17 bits per heavy atom. The van der Waals surface area contributed by atoms with Crippen molar-refractivity contribution >= 4 is 11.6 Å². The number of aromatic nitrogens is 2. The first kappa shape index (κ1) is 15.2. The van der Waals surface area contributed by atoms with Gasteiger partial charge in [-0.3, -0.25) is 0 Å². The lowest BCUT2D eigenvalue weighted by Gasteiger charge is -2.07. The van der Waals surface area contributed by atoms with Crippen molar-refractivity contribution in [3.8, 4) is 0 Å². The van der Waals surface area contributed by atoms with Gasteiger partial charge in [0.15, 0.2) is 0 Å². The summed E-state index contributed by atoms with van der Waals surface area (Å²) in [6.07, 6.45) is 1.53. The summed E-state index contributed by atoms with van der Waals surface area (Å²) >= 11 is 5.79. The van der Waals surface area contributed by atoms with Crippen LogP contribution in [0.2, 0.25) is 0 Å². The third kappa shape index (κ3) is 5.23. The fraction of sp³-hybridized carbons (Fsp3) is 0.667. The molecule has 0 radical (unpaired) electrons. The van der Waals surface area contributed by atoms with Crippen LogP contribution in [0.5, 0.6) is 0 Å². The molecule has 0 aliphatic carbocycles. The Morgan fingerprint density at radius 3 is 2.78 bits per heavy atom. The van der Waals surface area contributed by atoms with Crippen LogP contribution < -0.4 is 0 Å². The average Bonchev–Trinajstić information content (AvgIpc) is 2.35. The number of rotatable bonds is 8. The first-order chi connectivity index (χ1) is 8.67. The number of alkyl halides is 3. The van der Waals surface area contributed by atoms with E-state index in [0.29, 0.717) is 18.1 Å². The SMILES string of the molecule is CCCc1nc(CCOCC(F)F)ncc1CCl. The molecule has 3 nitrogen and oxygen atoms in total. The molecule has 1 heterocycles. The van der Waals surface area contributed by atoms with Crippen LogP contribution in [0.3, 0.4) is 0 Å². The van der Waals surface area contributed by atoms with Crippen molar-refractivity contribution in [1.29, 1.82) is 0 Å². The first-order valence-corrected chi connectivity index (χ1v) is 6.46. The van der Waals surface area contributed by atoms with Crippen LogP contribution in [0.25, 0.3) is 0 Å². The molecule has 1 rings (SSSR count). The molecule has 0 unspecified atom stereocenters. The second kappa shape index (κ2) is 8.32. The number of aryl methyl sites for hydroxylation is 1. The van der Waals surface area contributed by atoms with E-state index in [1.165, 1.54) is 0 Å². The molecular formula is C12H17ClF2N2O. The lowest BCUT2D eigenvalue weighted by atomic mass is 10.1. The second-order valence-corrected chi connectivity index (χ2v) is 4.13. The van der Waals surface area contributed by atoms with E-state index < -0.39 is 13.0 Å². The van der Waals surface area contributed by atoms with E-state index in [4.69, 9.17) is 16.3 Å². The number of hydrogen-bond donors (Lipinski definition) is 0. The highest BCUT2D eigenvalue weighted by molar-refractivity contribution is 6.17. The molecule has 0 atom stereocenters. The highest BCUT2D eigenvalue weighted by Crippen LogP contribution is 2.11. The summed E-state index contributed by atoms with van der Waals surface area (Å²) in [4.78, 5) is 8.53. The molecule has 0 aliphatic rings. The molecule has 0 amide bonds. The van der Waals surface area contributed by atoms with E-state index in [-0.39, 0.29) is 6.61 Å². The maximum absolute atomic E-state index is 11.9. The Bertz CT molecular complexity index is 364. The summed E-state index contributed by atoms with van der Waals surface area (Å²) in [6.45, 7) is 1.73. The predicted octanol–water partition coefficient (Wildman–Crippen LogP) is 2.99. The van der Waals surface area contributed by atoms with Gasteiger partial charge in [0, 0.05) is 23.9 Å². The van der Waals surface area contributed by atoms with Crippen molar-refractivity contribution in [2.45, 2.75) is 38.5 Å². The Labute approximate surface area is 111 Å². The Hall–Kier alpha value is -0.810. The zero-order valence-corrected chi connectivity index (χ0v) is 11.1. The summed E-state index contributed by atoms with van der Waals surface area (Å²) in [6, 6.07) is 0. The molecule has 18 heavy (non-hydrogen) atoms. The highest BCUT2D eigenvalue weighted by Gasteiger charge is 2.07. The van der Waals surface area contributed by atoms with Gasteiger partial charge in [0.1, 0.15) is 12.4 Å². The molecule has 0 bridgehead atoms. The van der Waals surface area contributed by atoms with Crippen LogP contribution >= 0.6 is 11.6 Å². The molecule has 0 N–H and O–H groups in total. The summed E-state index contributed by atoms with van der Waals surface area (Å²) in [5, 5.41) is 0. The van der Waals surface area contributed by atoms with E-state index in [1.807, 2.05) is 0 Å². The largest absolute Gasteiger partial charge is 0.375 e. The second-order valence-electron chi connectivity index (χ2n) is 3.86. The van der Waals surface area contributed by atoms with E-state index in [2.05, 4.69) is 16.9 Å². The summed E-state index contributed by atoms with van der Waals surface area (Å²) in [5.74, 6) is 0.999. The van der Waals surface area contributed by atoms with Crippen molar-refractivity contribution < 1.29 is 13.5 Å². The molecule has 102 valence electrons. The minimum absolute atomic E-state index is 0.204. The van der Waals surface area contributed by atoms with Gasteiger partial charge >= 0.3 is 0 Å². The maximum atomic E-state index is 11.9. The van der Waals surface area contributed by atoms with E-state index in [1.54, 1.807) is 6.20 Å². The molecule has 0 saturated heterocycles. The normalized spacial score (nSPS) is 11.2. The minimum Gasteiger partial charge on any atom is -0.375 e. The van der Waals surface area contributed by atoms with Crippen LogP contribution in [0.15, 0.2) is 6.20 Å². The number of ether oxygens (including phenoxy) is 1. The van der Waals surface area contributed by atoms with Gasteiger partial charge in [-0.1, -0.05) is 13.3 Å². The topological polar surface area (TPSA) is 35.0 Å². The van der Waals surface area contributed by atoms with E-state index >= 15 is 0 Å². The Balaban J connectivity index is 2.53. The number of halogens is 3. The summed E-state index contributed by atoms with van der Waals surface area (Å²) in [7, 11) is 0. The van der Waals surface area contributed by atoms with Crippen LogP contribution in [-0.2, 0) is 23.5 Å². The predicted molar refractivity (Wildman–Crippen MR) is 66.1 cm³/mol. The van der Waals surface area contributed by atoms with E-state index in [9.17, 15) is 8.78 Å². The maximum Gasteiger partial charge on any atom is 0.261 e. The van der Waals surface area contributed by atoms with Crippen LogP contribution in [0.1, 0.15) is 30.4 Å². The van der Waals surface area contributed by atoms with Crippen molar-refractivity contribution in [1.82, 2.24) is 9.97 Å². The Morgan fingerprint density at radius 1 is 1.39 bits per heavy atom. The lowest BCUT2D eigenvalue weighted by molar-refractivity contribution is 0.0182. The van der Waals surface area contributed by atoms with Crippen molar-refractivity contribution in [2.24, 2.45) is 0 Å². The number of nitrogens with zero attached hydrogens (tertiary/aromatic N) is 2. The minimum atomic E-state index is -2.43. The van der Waals surface area contributed by atoms with Gasteiger partial charge in [-0.25, -0.2) is 18.7 Å². The van der Waals surface area contributed by atoms with Gasteiger partial charge in [0.25, 0.3) is 6.43 Å². The lowest BCUT2D eigenvalue weighted by Crippen LogP contribution is -2.10. The third-order valence-corrected chi connectivity index (χ3v) is 2.64. The van der Waals surface area contributed by atoms with Gasteiger partial charge in [-0.2, -0.15) is 0 Å². The van der Waals surface area contributed by atoms with Gasteiger partial charge < -0.3 is 4.74 Å². The van der Waals surface area contributed by atoms with Gasteiger partial charge in [-0.15, -0.1) is 11.6 Å². The molecular weight excluding hydrogens is 262 g/mol. The molecule has 6 heteroatoms. The van der Waals surface area contributed by atoms with E-state index in [0.717, 1.165) is 24.1 Å². The monoisotopic (exact) mass is 278 g/mol. The van der Waals surface area contributed by atoms with Crippen molar-refractivity contribution in [2.75, 3.05) is 13.2 Å². The Kier molecular flexibility index (Phi) is 7.05. The molecule has 0 aromatic carbocycles. The van der Waals surface area contributed by atoms with Crippen LogP contribution in [0.4, 0.5) is 8.78 Å². The van der Waals surface area contributed by atoms with Crippen molar-refractivity contribution in [3.63, 3.8) is 0 Å². The smallest absolute Gasteiger partial charge is 0.261 e. The average molecular weight is 279 g/mol. The molecule has 0 spiro atoms. The summed E-state index contributed by atoms with van der Waals surface area (Å²) < 4.78 is 28.5. The van der Waals surface area contributed by atoms with Gasteiger partial charge in [-0.05, 0) is 6.42 Å². The zero-order valence-electron chi connectivity index (χ0n) is 10.3. The fourth-order valence-corrected chi connectivity index (χ4v) is 1.73. The highest BCUT2D eigenvalue weighted by atomic mass is 35.5. The van der Waals surface area contributed by atoms with Crippen LogP contribution in [-0.4, -0.2) is 29.6 Å². The van der Waals surface area contributed by atoms with Crippen molar-refractivity contribution in [3.05, 3.63) is 23.3 Å². The quantitative estimate of drug-likeness (QED) is 0.542. The zero-order chi connectivity index (χ0) is 13.4. The molecule has 1 aromatic heterocycles. The van der Waals surface area contributed by atoms with Gasteiger partial charge in [0.2, 0.25) is 0 Å². The van der Waals surface area contributed by atoms with Gasteiger partial charge in [0.05, 0.1) is 12.5 Å². The fourth-order valence-electron chi connectivity index (χ4n) is 1.50. The molecule has 0 fully saturated rings. The summed E-state index contributed by atoms with van der Waals surface area (Å²) in [5.41, 5.74) is 1.86. The third-order valence-electron chi connectivity index (χ3n) is 2.35. The molecule has 1 aromatic rings. The standard InChI is InChI=1S/C12H17ClF2N2O/c1-2-3-10-9(6-13)7-16-12(17-10)4-5-18-8-11(14)15/h7,11H,2-6,8H2,1H3. The number of hydrogen-bond acceptors (Lipinski definition) is 3. The molecule has 0 saturated carbocycles. The first-order valence-electron chi connectivity index (χ1n) is 5.92. The molecule has 0 aliphatic heterocycles. The van der Waals surface area contributed by atoms with Crippen LogP contribution in [0, 0.1) is 0 Å².